The lowest BCUT2D eigenvalue weighted by Gasteiger charge is -2.10. The molecule has 0 fully saturated rings. The summed E-state index contributed by atoms with van der Waals surface area (Å²) in [6.45, 7) is 1.14. The second-order valence-electron chi connectivity index (χ2n) is 5.74. The minimum absolute atomic E-state index is 0.0479. The van der Waals surface area contributed by atoms with Gasteiger partial charge in [0.25, 0.3) is 0 Å². The van der Waals surface area contributed by atoms with Gasteiger partial charge in [-0.25, -0.2) is 4.98 Å². The van der Waals surface area contributed by atoms with E-state index in [-0.39, 0.29) is 41.0 Å². The van der Waals surface area contributed by atoms with Gasteiger partial charge in [0, 0.05) is 6.54 Å². The SMILES string of the molecule is CN(C)CCN=C1CC(=O)c2nc(-c3ccccc3Cl)oc2C1=O. The van der Waals surface area contributed by atoms with Crippen LogP contribution in [0.1, 0.15) is 27.5 Å². The number of carbonyl (C=O) groups is 2. The number of oxazole rings is 1. The highest BCUT2D eigenvalue weighted by atomic mass is 35.5. The zero-order valence-electron chi connectivity index (χ0n) is 13.4. The number of aliphatic imine (C=N–C) groups is 1. The van der Waals surface area contributed by atoms with E-state index in [2.05, 4.69) is 9.98 Å². The molecular weight excluding hydrogens is 330 g/mol. The number of hydrogen-bond donors (Lipinski definition) is 0. The van der Waals surface area contributed by atoms with Gasteiger partial charge >= 0.3 is 0 Å². The van der Waals surface area contributed by atoms with Crippen molar-refractivity contribution in [3.05, 3.63) is 40.7 Å². The molecular formula is C17H16ClN3O3. The number of carbonyl (C=O) groups excluding carboxylic acids is 2. The lowest BCUT2D eigenvalue weighted by molar-refractivity contribution is 0.0949. The Morgan fingerprint density at radius 2 is 2.04 bits per heavy atom. The van der Waals surface area contributed by atoms with Crippen LogP contribution in [0.2, 0.25) is 5.02 Å². The van der Waals surface area contributed by atoms with Crippen LogP contribution < -0.4 is 0 Å². The van der Waals surface area contributed by atoms with E-state index in [9.17, 15) is 9.59 Å². The second kappa shape index (κ2) is 6.67. The fraction of sp³-hybridized carbons (Fsp3) is 0.294. The Hall–Kier alpha value is -2.31. The van der Waals surface area contributed by atoms with Crippen LogP contribution in [0, 0.1) is 0 Å². The maximum absolute atomic E-state index is 12.5. The van der Waals surface area contributed by atoms with Crippen molar-refractivity contribution >= 4 is 28.9 Å². The van der Waals surface area contributed by atoms with Gasteiger partial charge < -0.3 is 9.32 Å². The van der Waals surface area contributed by atoms with Crippen molar-refractivity contribution in [1.82, 2.24) is 9.88 Å². The van der Waals surface area contributed by atoms with Crippen molar-refractivity contribution in [3.63, 3.8) is 0 Å². The average Bonchev–Trinajstić information content (AvgIpc) is 2.98. The van der Waals surface area contributed by atoms with Gasteiger partial charge in [0.1, 0.15) is 0 Å². The molecule has 0 aliphatic heterocycles. The van der Waals surface area contributed by atoms with Gasteiger partial charge in [0.05, 0.1) is 29.3 Å². The van der Waals surface area contributed by atoms with Gasteiger partial charge in [-0.3, -0.25) is 14.6 Å². The van der Waals surface area contributed by atoms with Gasteiger partial charge in [-0.15, -0.1) is 0 Å². The maximum atomic E-state index is 12.5. The lowest BCUT2D eigenvalue weighted by Crippen LogP contribution is -2.27. The molecule has 1 aromatic heterocycles. The standard InChI is InChI=1S/C17H16ClN3O3/c1-21(2)8-7-19-12-9-13(22)14-16(15(12)23)24-17(20-14)10-5-3-4-6-11(10)18/h3-6H,7-9H2,1-2H3. The highest BCUT2D eigenvalue weighted by Gasteiger charge is 2.35. The van der Waals surface area contributed by atoms with E-state index >= 15 is 0 Å². The average molecular weight is 346 g/mol. The number of ketones is 2. The number of Topliss-reactive ketones (excluding diaryl/α,β-unsaturated/α-hetero) is 2. The summed E-state index contributed by atoms with van der Waals surface area (Å²) in [6, 6.07) is 6.97. The van der Waals surface area contributed by atoms with Crippen molar-refractivity contribution in [3.8, 4) is 11.5 Å². The Balaban J connectivity index is 1.94. The zero-order chi connectivity index (χ0) is 17.3. The van der Waals surface area contributed by atoms with Crippen molar-refractivity contribution in [1.29, 1.82) is 0 Å². The molecule has 0 saturated heterocycles. The number of hydrogen-bond acceptors (Lipinski definition) is 6. The quantitative estimate of drug-likeness (QED) is 0.851. The summed E-state index contributed by atoms with van der Waals surface area (Å²) >= 11 is 6.12. The zero-order valence-corrected chi connectivity index (χ0v) is 14.1. The first-order valence-corrected chi connectivity index (χ1v) is 7.87. The molecule has 0 saturated carbocycles. The predicted molar refractivity (Wildman–Crippen MR) is 91.1 cm³/mol. The Kier molecular flexibility index (Phi) is 4.59. The summed E-state index contributed by atoms with van der Waals surface area (Å²) in [6.07, 6.45) is -0.0479. The van der Waals surface area contributed by atoms with E-state index in [1.54, 1.807) is 24.3 Å². The molecule has 1 heterocycles. The molecule has 7 heteroatoms. The normalized spacial score (nSPS) is 16.1. The highest BCUT2D eigenvalue weighted by Crippen LogP contribution is 2.31. The van der Waals surface area contributed by atoms with E-state index < -0.39 is 0 Å². The van der Waals surface area contributed by atoms with Crippen LogP contribution in [0.3, 0.4) is 0 Å². The second-order valence-corrected chi connectivity index (χ2v) is 6.14. The summed E-state index contributed by atoms with van der Waals surface area (Å²) in [5.74, 6) is -0.531. The van der Waals surface area contributed by atoms with E-state index in [1.165, 1.54) is 0 Å². The Morgan fingerprint density at radius 1 is 1.29 bits per heavy atom. The molecule has 124 valence electrons. The van der Waals surface area contributed by atoms with Crippen LogP contribution in [0.4, 0.5) is 0 Å². The van der Waals surface area contributed by atoms with Gasteiger partial charge in [-0.05, 0) is 26.2 Å². The minimum atomic E-state index is -0.380. The fourth-order valence-corrected chi connectivity index (χ4v) is 2.59. The molecule has 3 rings (SSSR count). The Bertz CT molecular complexity index is 839. The Labute approximate surface area is 144 Å². The fourth-order valence-electron chi connectivity index (χ4n) is 2.37. The molecule has 0 atom stereocenters. The number of nitrogens with zero attached hydrogens (tertiary/aromatic N) is 3. The predicted octanol–water partition coefficient (Wildman–Crippen LogP) is 2.77. The minimum Gasteiger partial charge on any atom is -0.432 e. The molecule has 0 amide bonds. The van der Waals surface area contributed by atoms with Crippen molar-refractivity contribution in [2.45, 2.75) is 6.42 Å². The summed E-state index contributed by atoms with van der Waals surface area (Å²) in [4.78, 5) is 35.1. The molecule has 1 aliphatic carbocycles. The van der Waals surface area contributed by atoms with Crippen LogP contribution in [0.5, 0.6) is 0 Å². The molecule has 1 aromatic carbocycles. The molecule has 6 nitrogen and oxygen atoms in total. The van der Waals surface area contributed by atoms with Crippen LogP contribution in [0.25, 0.3) is 11.5 Å². The van der Waals surface area contributed by atoms with Gasteiger partial charge in [-0.2, -0.15) is 0 Å². The van der Waals surface area contributed by atoms with E-state index in [4.69, 9.17) is 16.0 Å². The largest absolute Gasteiger partial charge is 0.432 e. The number of benzene rings is 1. The monoisotopic (exact) mass is 345 g/mol. The van der Waals surface area contributed by atoms with E-state index in [0.29, 0.717) is 23.7 Å². The van der Waals surface area contributed by atoms with Crippen molar-refractivity contribution in [2.75, 3.05) is 27.2 Å². The van der Waals surface area contributed by atoms with Gasteiger partial charge in [0.15, 0.2) is 11.5 Å². The van der Waals surface area contributed by atoms with E-state index in [1.807, 2.05) is 19.0 Å². The van der Waals surface area contributed by atoms with Crippen molar-refractivity contribution in [2.24, 2.45) is 4.99 Å². The maximum Gasteiger partial charge on any atom is 0.244 e. The molecule has 24 heavy (non-hydrogen) atoms. The number of halogens is 1. The van der Waals surface area contributed by atoms with Crippen LogP contribution >= 0.6 is 11.6 Å². The first kappa shape index (κ1) is 16.5. The van der Waals surface area contributed by atoms with E-state index in [0.717, 1.165) is 0 Å². The highest BCUT2D eigenvalue weighted by molar-refractivity contribution is 6.51. The molecule has 0 bridgehead atoms. The third-order valence-electron chi connectivity index (χ3n) is 3.64. The third kappa shape index (κ3) is 3.16. The number of likely N-dealkylation sites (N-methyl/N-ethyl adjacent to an activating group) is 1. The lowest BCUT2D eigenvalue weighted by atomic mass is 9.97. The molecule has 0 N–H and O–H groups in total. The number of aromatic nitrogens is 1. The van der Waals surface area contributed by atoms with Crippen LogP contribution in [0.15, 0.2) is 33.7 Å². The molecule has 1 aliphatic rings. The van der Waals surface area contributed by atoms with Gasteiger partial charge in [-0.1, -0.05) is 23.7 Å². The van der Waals surface area contributed by atoms with Crippen molar-refractivity contribution < 1.29 is 14.0 Å². The van der Waals surface area contributed by atoms with Crippen LogP contribution in [-0.4, -0.2) is 54.3 Å². The topological polar surface area (TPSA) is 75.8 Å². The summed E-state index contributed by atoms with van der Waals surface area (Å²) in [5, 5.41) is 0.441. The summed E-state index contributed by atoms with van der Waals surface area (Å²) in [7, 11) is 3.83. The third-order valence-corrected chi connectivity index (χ3v) is 3.97. The molecule has 0 radical (unpaired) electrons. The first-order valence-electron chi connectivity index (χ1n) is 7.49. The van der Waals surface area contributed by atoms with Gasteiger partial charge in [0.2, 0.25) is 17.4 Å². The smallest absolute Gasteiger partial charge is 0.244 e. The first-order chi connectivity index (χ1) is 11.5. The summed E-state index contributed by atoms with van der Waals surface area (Å²) in [5.41, 5.74) is 0.818. The molecule has 0 unspecified atom stereocenters. The Morgan fingerprint density at radius 3 is 2.75 bits per heavy atom. The number of rotatable bonds is 4. The van der Waals surface area contributed by atoms with Crippen LogP contribution in [-0.2, 0) is 0 Å². The summed E-state index contributed by atoms with van der Waals surface area (Å²) < 4.78 is 5.56. The molecule has 2 aromatic rings. The number of fused-ring (bicyclic) bond motifs is 1. The molecule has 0 spiro atoms.